The van der Waals surface area contributed by atoms with Gasteiger partial charge in [-0.05, 0) is 70.4 Å². The van der Waals surface area contributed by atoms with Crippen LogP contribution >= 0.6 is 0 Å². The van der Waals surface area contributed by atoms with Crippen LogP contribution in [0.25, 0.3) is 0 Å². The van der Waals surface area contributed by atoms with E-state index in [1.54, 1.807) is 0 Å². The molecule has 0 spiro atoms. The van der Waals surface area contributed by atoms with Gasteiger partial charge in [0.2, 0.25) is 5.91 Å². The molecule has 1 N–H and O–H groups in total. The summed E-state index contributed by atoms with van der Waals surface area (Å²) in [5, 5.41) is 3.47. The molecule has 3 fully saturated rings. The summed E-state index contributed by atoms with van der Waals surface area (Å²) in [7, 11) is 0. The first-order valence-corrected chi connectivity index (χ1v) is 8.69. The van der Waals surface area contributed by atoms with Crippen LogP contribution in [0.5, 0.6) is 0 Å². The number of piperidine rings is 1. The quantitative estimate of drug-likeness (QED) is 0.857. The lowest BCUT2D eigenvalue weighted by Crippen LogP contribution is -2.45. The van der Waals surface area contributed by atoms with Gasteiger partial charge in [-0.25, -0.2) is 0 Å². The van der Waals surface area contributed by atoms with E-state index in [1.807, 2.05) is 0 Å². The van der Waals surface area contributed by atoms with E-state index >= 15 is 0 Å². The van der Waals surface area contributed by atoms with Crippen LogP contribution in [0.4, 0.5) is 0 Å². The van der Waals surface area contributed by atoms with Crippen molar-refractivity contribution in [3.63, 3.8) is 0 Å². The van der Waals surface area contributed by atoms with Crippen molar-refractivity contribution in [1.82, 2.24) is 10.2 Å². The average Bonchev–Trinajstić information content (AvgIpc) is 3.19. The highest BCUT2D eigenvalue weighted by molar-refractivity contribution is 5.82. The minimum absolute atomic E-state index is 0.354. The molecule has 114 valence electrons. The Hall–Kier alpha value is -0.570. The van der Waals surface area contributed by atoms with Crippen molar-refractivity contribution in [2.45, 2.75) is 58.4 Å². The van der Waals surface area contributed by atoms with Gasteiger partial charge in [0.25, 0.3) is 0 Å². The molecule has 2 saturated carbocycles. The van der Waals surface area contributed by atoms with Gasteiger partial charge in [0.15, 0.2) is 0 Å². The molecular formula is C17H30N2O. The van der Waals surface area contributed by atoms with Crippen molar-refractivity contribution >= 4 is 5.91 Å². The van der Waals surface area contributed by atoms with E-state index in [4.69, 9.17) is 0 Å². The molecule has 3 unspecified atom stereocenters. The maximum absolute atomic E-state index is 12.9. The minimum Gasteiger partial charge on any atom is -0.340 e. The zero-order chi connectivity index (χ0) is 14.1. The fraction of sp³-hybridized carbons (Fsp3) is 0.941. The second kappa shape index (κ2) is 6.05. The molecule has 3 aliphatic rings. The SMILES string of the molecule is CC(C)N(CC1CCCNC1)C(=O)C1C2CCCCC21. The molecular weight excluding hydrogens is 248 g/mol. The van der Waals surface area contributed by atoms with Crippen LogP contribution in [0.1, 0.15) is 52.4 Å². The zero-order valence-corrected chi connectivity index (χ0v) is 13.1. The lowest BCUT2D eigenvalue weighted by atomic mass is 9.98. The van der Waals surface area contributed by atoms with Crippen molar-refractivity contribution < 1.29 is 4.79 Å². The normalized spacial score (nSPS) is 36.5. The van der Waals surface area contributed by atoms with Crippen molar-refractivity contribution in [1.29, 1.82) is 0 Å². The number of fused-ring (bicyclic) bond motifs is 1. The van der Waals surface area contributed by atoms with E-state index in [0.29, 0.717) is 23.8 Å². The molecule has 3 rings (SSSR count). The van der Waals surface area contributed by atoms with Crippen LogP contribution in [-0.2, 0) is 4.79 Å². The second-order valence-corrected chi connectivity index (χ2v) is 7.43. The van der Waals surface area contributed by atoms with Gasteiger partial charge in [0.1, 0.15) is 0 Å². The van der Waals surface area contributed by atoms with Crippen molar-refractivity contribution in [3.8, 4) is 0 Å². The van der Waals surface area contributed by atoms with Crippen LogP contribution in [-0.4, -0.2) is 36.5 Å². The zero-order valence-electron chi connectivity index (χ0n) is 13.1. The molecule has 20 heavy (non-hydrogen) atoms. The van der Waals surface area contributed by atoms with E-state index in [1.165, 1.54) is 38.5 Å². The molecule has 1 saturated heterocycles. The van der Waals surface area contributed by atoms with E-state index in [9.17, 15) is 4.79 Å². The van der Waals surface area contributed by atoms with Crippen LogP contribution in [0, 0.1) is 23.7 Å². The van der Waals surface area contributed by atoms with Gasteiger partial charge in [-0.1, -0.05) is 12.8 Å². The Bertz CT molecular complexity index is 337. The molecule has 0 radical (unpaired) electrons. The Kier molecular flexibility index (Phi) is 4.34. The standard InChI is InChI=1S/C17H30N2O/c1-12(2)19(11-13-6-5-9-18-10-13)17(20)16-14-7-3-4-8-15(14)16/h12-16,18H,3-11H2,1-2H3. The van der Waals surface area contributed by atoms with E-state index in [-0.39, 0.29) is 0 Å². The Balaban J connectivity index is 1.60. The lowest BCUT2D eigenvalue weighted by molar-refractivity contribution is -0.135. The molecule has 1 aliphatic heterocycles. The van der Waals surface area contributed by atoms with E-state index in [2.05, 4.69) is 24.1 Å². The Labute approximate surface area is 123 Å². The highest BCUT2D eigenvalue weighted by Crippen LogP contribution is 2.56. The lowest BCUT2D eigenvalue weighted by Gasteiger charge is -2.33. The third kappa shape index (κ3) is 2.88. The molecule has 1 amide bonds. The van der Waals surface area contributed by atoms with Gasteiger partial charge >= 0.3 is 0 Å². The van der Waals surface area contributed by atoms with Gasteiger partial charge in [-0.15, -0.1) is 0 Å². The summed E-state index contributed by atoms with van der Waals surface area (Å²) < 4.78 is 0. The van der Waals surface area contributed by atoms with Crippen LogP contribution < -0.4 is 5.32 Å². The summed E-state index contributed by atoms with van der Waals surface area (Å²) in [5.74, 6) is 3.00. The largest absolute Gasteiger partial charge is 0.340 e. The van der Waals surface area contributed by atoms with Gasteiger partial charge in [-0.2, -0.15) is 0 Å². The highest BCUT2D eigenvalue weighted by atomic mass is 16.2. The van der Waals surface area contributed by atoms with Gasteiger partial charge < -0.3 is 10.2 Å². The third-order valence-corrected chi connectivity index (χ3v) is 5.70. The number of carbonyl (C=O) groups is 1. The summed E-state index contributed by atoms with van der Waals surface area (Å²) in [5.41, 5.74) is 0. The topological polar surface area (TPSA) is 32.3 Å². The van der Waals surface area contributed by atoms with Crippen LogP contribution in [0.15, 0.2) is 0 Å². The summed E-state index contributed by atoms with van der Waals surface area (Å²) in [4.78, 5) is 15.1. The fourth-order valence-electron chi connectivity index (χ4n) is 4.46. The van der Waals surface area contributed by atoms with Gasteiger partial charge in [0.05, 0.1) is 0 Å². The Morgan fingerprint density at radius 1 is 1.15 bits per heavy atom. The number of amides is 1. The summed E-state index contributed by atoms with van der Waals surface area (Å²) in [6, 6.07) is 0.354. The molecule has 3 atom stereocenters. The van der Waals surface area contributed by atoms with Crippen molar-refractivity contribution in [3.05, 3.63) is 0 Å². The molecule has 1 heterocycles. The van der Waals surface area contributed by atoms with Gasteiger partial charge in [-0.3, -0.25) is 4.79 Å². The molecule has 2 aliphatic carbocycles. The first-order valence-electron chi connectivity index (χ1n) is 8.69. The monoisotopic (exact) mass is 278 g/mol. The molecule has 3 nitrogen and oxygen atoms in total. The number of carbonyl (C=O) groups excluding carboxylic acids is 1. The predicted molar refractivity (Wildman–Crippen MR) is 81.4 cm³/mol. The number of nitrogens with one attached hydrogen (secondary N) is 1. The summed E-state index contributed by atoms with van der Waals surface area (Å²) in [6.07, 6.45) is 7.84. The van der Waals surface area contributed by atoms with Crippen LogP contribution in [0.3, 0.4) is 0 Å². The molecule has 3 heteroatoms. The molecule has 0 aromatic carbocycles. The number of hydrogen-bond donors (Lipinski definition) is 1. The van der Waals surface area contributed by atoms with Crippen molar-refractivity contribution in [2.75, 3.05) is 19.6 Å². The summed E-state index contributed by atoms with van der Waals surface area (Å²) in [6.45, 7) is 7.58. The predicted octanol–water partition coefficient (Wildman–Crippen LogP) is 2.66. The molecule has 0 bridgehead atoms. The van der Waals surface area contributed by atoms with E-state index in [0.717, 1.165) is 31.5 Å². The minimum atomic E-state index is 0.354. The average molecular weight is 278 g/mol. The Morgan fingerprint density at radius 3 is 2.40 bits per heavy atom. The second-order valence-electron chi connectivity index (χ2n) is 7.43. The summed E-state index contributed by atoms with van der Waals surface area (Å²) >= 11 is 0. The van der Waals surface area contributed by atoms with E-state index < -0.39 is 0 Å². The Morgan fingerprint density at radius 2 is 1.85 bits per heavy atom. The van der Waals surface area contributed by atoms with Crippen molar-refractivity contribution in [2.24, 2.45) is 23.7 Å². The maximum Gasteiger partial charge on any atom is 0.226 e. The van der Waals surface area contributed by atoms with Crippen LogP contribution in [0.2, 0.25) is 0 Å². The highest BCUT2D eigenvalue weighted by Gasteiger charge is 2.56. The van der Waals surface area contributed by atoms with Gasteiger partial charge in [0, 0.05) is 18.5 Å². The fourth-order valence-corrected chi connectivity index (χ4v) is 4.46. The smallest absolute Gasteiger partial charge is 0.226 e. The number of hydrogen-bond acceptors (Lipinski definition) is 2. The first-order chi connectivity index (χ1) is 9.68. The molecule has 0 aromatic rings. The number of nitrogens with zero attached hydrogens (tertiary/aromatic N) is 1. The first kappa shape index (κ1) is 14.4. The maximum atomic E-state index is 12.9. The number of rotatable bonds is 4. The third-order valence-electron chi connectivity index (χ3n) is 5.70. The molecule has 0 aromatic heterocycles.